The first kappa shape index (κ1) is 22.7. The van der Waals surface area contributed by atoms with Crippen molar-refractivity contribution in [2.45, 2.75) is 19.5 Å². The predicted molar refractivity (Wildman–Crippen MR) is 110 cm³/mol. The lowest BCUT2D eigenvalue weighted by atomic mass is 10.2. The number of ether oxygens (including phenoxy) is 4. The summed E-state index contributed by atoms with van der Waals surface area (Å²) in [6, 6.07) is 6.13. The maximum atomic E-state index is 14.6. The van der Waals surface area contributed by atoms with Crippen molar-refractivity contribution in [1.29, 1.82) is 0 Å². The fourth-order valence-corrected chi connectivity index (χ4v) is 3.85. The van der Waals surface area contributed by atoms with E-state index in [1.165, 1.54) is 16.7 Å². The molecule has 0 N–H and O–H groups in total. The number of hydrogen-bond acceptors (Lipinski definition) is 7. The molecule has 0 radical (unpaired) electrons. The Morgan fingerprint density at radius 3 is 2.51 bits per heavy atom. The predicted octanol–water partition coefficient (Wildman–Crippen LogP) is 4.00. The van der Waals surface area contributed by atoms with Crippen LogP contribution in [-0.4, -0.2) is 35.6 Å². The van der Waals surface area contributed by atoms with E-state index in [-0.39, 0.29) is 29.5 Å². The molecule has 0 aliphatic carbocycles. The highest BCUT2D eigenvalue weighted by Gasteiger charge is 2.33. The Kier molecular flexibility index (Phi) is 5.61. The van der Waals surface area contributed by atoms with Gasteiger partial charge in [0.25, 0.3) is 5.88 Å². The zero-order chi connectivity index (χ0) is 24.7. The monoisotopic (exact) mass is 497 g/mol. The van der Waals surface area contributed by atoms with Gasteiger partial charge in [0.05, 0.1) is 6.54 Å². The zero-order valence-electron chi connectivity index (χ0n) is 17.8. The van der Waals surface area contributed by atoms with Crippen molar-refractivity contribution in [3.63, 3.8) is 0 Å². The maximum Gasteiger partial charge on any atom is 0.573 e. The highest BCUT2D eigenvalue weighted by Crippen LogP contribution is 2.40. The van der Waals surface area contributed by atoms with Gasteiger partial charge in [0.1, 0.15) is 24.7 Å². The van der Waals surface area contributed by atoms with Gasteiger partial charge in [-0.25, -0.2) is 13.6 Å². The Bertz CT molecular complexity index is 1320. The zero-order valence-corrected chi connectivity index (χ0v) is 17.8. The van der Waals surface area contributed by atoms with Gasteiger partial charge in [-0.1, -0.05) is 6.07 Å². The van der Waals surface area contributed by atoms with Gasteiger partial charge in [0.2, 0.25) is 5.75 Å². The molecule has 0 fully saturated rings. The number of aromatic nitrogens is 2. The summed E-state index contributed by atoms with van der Waals surface area (Å²) in [5, 5.41) is 0. The first-order chi connectivity index (χ1) is 16.7. The molecule has 1 aromatic heterocycles. The van der Waals surface area contributed by atoms with Crippen LogP contribution >= 0.6 is 0 Å². The van der Waals surface area contributed by atoms with Crippen molar-refractivity contribution in [1.82, 2.24) is 9.55 Å². The minimum atomic E-state index is -4.93. The average Bonchev–Trinajstić information content (AvgIpc) is 3.23. The van der Waals surface area contributed by atoms with E-state index in [0.29, 0.717) is 32.1 Å². The second-order valence-corrected chi connectivity index (χ2v) is 7.64. The van der Waals surface area contributed by atoms with Crippen LogP contribution in [0.3, 0.4) is 0 Å². The van der Waals surface area contributed by atoms with Crippen LogP contribution in [0, 0.1) is 11.6 Å². The molecule has 8 nitrogen and oxygen atoms in total. The number of benzene rings is 2. The highest BCUT2D eigenvalue weighted by atomic mass is 19.4. The van der Waals surface area contributed by atoms with Gasteiger partial charge in [-0.2, -0.15) is 4.98 Å². The van der Waals surface area contributed by atoms with Crippen LogP contribution in [0.4, 0.5) is 27.8 Å². The number of rotatable bonds is 6. The minimum Gasteiger partial charge on any atom is -0.483 e. The number of anilines is 1. The topological polar surface area (TPSA) is 75.1 Å². The molecule has 13 heteroatoms. The molecule has 0 atom stereocenters. The van der Waals surface area contributed by atoms with Gasteiger partial charge in [-0.3, -0.25) is 4.57 Å². The number of hydrogen-bond donors (Lipinski definition) is 0. The number of alkyl halides is 3. The molecule has 35 heavy (non-hydrogen) atoms. The molecular weight excluding hydrogens is 481 g/mol. The van der Waals surface area contributed by atoms with Crippen LogP contribution in [0.15, 0.2) is 41.2 Å². The van der Waals surface area contributed by atoms with Crippen molar-refractivity contribution in [3.05, 3.63) is 64.1 Å². The van der Waals surface area contributed by atoms with Gasteiger partial charge in [0.15, 0.2) is 23.2 Å². The van der Waals surface area contributed by atoms with E-state index >= 15 is 0 Å². The summed E-state index contributed by atoms with van der Waals surface area (Å²) in [4.78, 5) is 18.1. The third kappa shape index (κ3) is 4.66. The van der Waals surface area contributed by atoms with Crippen molar-refractivity contribution in [2.24, 2.45) is 0 Å². The van der Waals surface area contributed by atoms with Crippen molar-refractivity contribution in [3.8, 4) is 28.9 Å². The van der Waals surface area contributed by atoms with Crippen LogP contribution < -0.4 is 29.5 Å². The van der Waals surface area contributed by atoms with E-state index in [2.05, 4.69) is 9.72 Å². The minimum absolute atomic E-state index is 0.0590. The van der Waals surface area contributed by atoms with Crippen LogP contribution in [0.5, 0.6) is 28.9 Å². The van der Waals surface area contributed by atoms with Crippen LogP contribution in [0.2, 0.25) is 0 Å². The lowest BCUT2D eigenvalue weighted by Gasteiger charge is -2.27. The van der Waals surface area contributed by atoms with E-state index in [4.69, 9.17) is 14.2 Å². The molecule has 0 amide bonds. The standard InChI is InChI=1S/C22H16F5N3O5/c23-15-8-12(9-16(24)17(15)34-13-2-1-3-14(10-13)35-22(25,26)27)11-33-19-18-20-29(6-7-32-18)4-5-30(20)21(31)28-19/h1-3,8-10H,4-7,11H2. The number of halogens is 5. The Morgan fingerprint density at radius 1 is 1.03 bits per heavy atom. The molecule has 0 bridgehead atoms. The summed E-state index contributed by atoms with van der Waals surface area (Å²) in [5.74, 6) is -3.16. The summed E-state index contributed by atoms with van der Waals surface area (Å²) < 4.78 is 88.0. The fourth-order valence-electron chi connectivity index (χ4n) is 3.85. The molecule has 2 aliphatic heterocycles. The van der Waals surface area contributed by atoms with Gasteiger partial charge < -0.3 is 23.8 Å². The van der Waals surface area contributed by atoms with Gasteiger partial charge >= 0.3 is 12.1 Å². The summed E-state index contributed by atoms with van der Waals surface area (Å²) in [7, 11) is 0. The van der Waals surface area contributed by atoms with E-state index in [0.717, 1.165) is 24.3 Å². The quantitative estimate of drug-likeness (QED) is 0.477. The maximum absolute atomic E-state index is 14.6. The van der Waals surface area contributed by atoms with E-state index in [1.54, 1.807) is 0 Å². The largest absolute Gasteiger partial charge is 0.573 e. The lowest BCUT2D eigenvalue weighted by molar-refractivity contribution is -0.274. The van der Waals surface area contributed by atoms with Gasteiger partial charge in [-0.05, 0) is 29.8 Å². The summed E-state index contributed by atoms with van der Waals surface area (Å²) in [6.45, 7) is 1.75. The van der Waals surface area contributed by atoms with E-state index in [1.807, 2.05) is 4.90 Å². The highest BCUT2D eigenvalue weighted by molar-refractivity contribution is 5.61. The Labute approximate surface area is 194 Å². The van der Waals surface area contributed by atoms with Crippen molar-refractivity contribution >= 4 is 5.82 Å². The Morgan fingerprint density at radius 2 is 1.77 bits per heavy atom. The van der Waals surface area contributed by atoms with E-state index < -0.39 is 35.2 Å². The average molecular weight is 497 g/mol. The van der Waals surface area contributed by atoms with E-state index in [9.17, 15) is 26.7 Å². The summed E-state index contributed by atoms with van der Waals surface area (Å²) in [6.07, 6.45) is -4.93. The van der Waals surface area contributed by atoms with Crippen molar-refractivity contribution in [2.75, 3.05) is 24.6 Å². The molecule has 0 spiro atoms. The second kappa shape index (κ2) is 8.64. The molecule has 0 saturated carbocycles. The molecule has 184 valence electrons. The molecule has 0 unspecified atom stereocenters. The molecule has 3 heterocycles. The second-order valence-electron chi connectivity index (χ2n) is 7.64. The summed E-state index contributed by atoms with van der Waals surface area (Å²) >= 11 is 0. The molecule has 3 aromatic rings. The number of nitrogens with zero attached hydrogens (tertiary/aromatic N) is 3. The van der Waals surface area contributed by atoms with Crippen LogP contribution in [-0.2, 0) is 13.2 Å². The summed E-state index contributed by atoms with van der Waals surface area (Å²) in [5.41, 5.74) is -0.464. The Hall–Kier alpha value is -4.03. The van der Waals surface area contributed by atoms with Crippen LogP contribution in [0.1, 0.15) is 5.56 Å². The lowest BCUT2D eigenvalue weighted by Crippen LogP contribution is -2.32. The van der Waals surface area contributed by atoms with Gasteiger partial charge in [0, 0.05) is 19.2 Å². The third-order valence-corrected chi connectivity index (χ3v) is 5.27. The Balaban J connectivity index is 1.34. The smallest absolute Gasteiger partial charge is 0.483 e. The molecule has 2 aromatic carbocycles. The van der Waals surface area contributed by atoms with Gasteiger partial charge in [-0.15, -0.1) is 13.2 Å². The van der Waals surface area contributed by atoms with Crippen LogP contribution in [0.25, 0.3) is 0 Å². The van der Waals surface area contributed by atoms with Crippen molar-refractivity contribution < 1.29 is 40.9 Å². The first-order valence-electron chi connectivity index (χ1n) is 10.3. The first-order valence-corrected chi connectivity index (χ1v) is 10.3. The normalized spacial score (nSPS) is 14.4. The molecule has 5 rings (SSSR count). The molecule has 2 aliphatic rings. The third-order valence-electron chi connectivity index (χ3n) is 5.27. The fraction of sp³-hybridized carbons (Fsp3) is 0.273. The SMILES string of the molecule is O=c1nc(OCc2cc(F)c(Oc3cccc(OC(F)(F)F)c3)c(F)c2)c2c3n1CCN3CCO2. The molecule has 0 saturated heterocycles. The molecular formula is C22H16F5N3O5.